The molecule has 2 aromatic carbocycles. The lowest BCUT2D eigenvalue weighted by molar-refractivity contribution is 0.102. The van der Waals surface area contributed by atoms with Crippen molar-refractivity contribution in [2.75, 3.05) is 5.32 Å². The summed E-state index contributed by atoms with van der Waals surface area (Å²) < 4.78 is 0. The third-order valence-electron chi connectivity index (χ3n) is 2.74. The van der Waals surface area contributed by atoms with Crippen LogP contribution in [0.2, 0.25) is 0 Å². The number of carbonyl (C=O) groups excluding carboxylic acids is 1. The van der Waals surface area contributed by atoms with Crippen molar-refractivity contribution in [2.45, 2.75) is 0 Å². The van der Waals surface area contributed by atoms with Gasteiger partial charge in [0, 0.05) is 5.69 Å². The fourth-order valence-electron chi connectivity index (χ4n) is 1.77. The van der Waals surface area contributed by atoms with Crippen molar-refractivity contribution in [3.8, 4) is 5.69 Å². The Bertz CT molecular complexity index is 707. The van der Waals surface area contributed by atoms with Gasteiger partial charge < -0.3 is 5.32 Å². The van der Waals surface area contributed by atoms with Gasteiger partial charge in [0.05, 0.1) is 11.9 Å². The first-order chi connectivity index (χ1) is 9.83. The molecule has 1 aromatic heterocycles. The van der Waals surface area contributed by atoms with Gasteiger partial charge in [-0.1, -0.05) is 36.4 Å². The number of hydrogen-bond acceptors (Lipinski definition) is 3. The fraction of sp³-hybridized carbons (Fsp3) is 0. The number of nitrogens with zero attached hydrogens (tertiary/aromatic N) is 3. The number of hydrogen-bond donors (Lipinski definition) is 1. The highest BCUT2D eigenvalue weighted by molar-refractivity contribution is 6.02. The van der Waals surface area contributed by atoms with Gasteiger partial charge >= 0.3 is 0 Å². The van der Waals surface area contributed by atoms with E-state index in [0.717, 1.165) is 11.4 Å². The Hall–Kier alpha value is -2.95. The predicted molar refractivity (Wildman–Crippen MR) is 75.8 cm³/mol. The Morgan fingerprint density at radius 3 is 2.30 bits per heavy atom. The SMILES string of the molecule is O=C(Nc1ccccc1)c1cnn(-c2ccccc2)n1. The number of amides is 1. The lowest BCUT2D eigenvalue weighted by Crippen LogP contribution is -2.13. The van der Waals surface area contributed by atoms with E-state index in [1.807, 2.05) is 60.7 Å². The van der Waals surface area contributed by atoms with Gasteiger partial charge in [0.1, 0.15) is 0 Å². The minimum Gasteiger partial charge on any atom is -0.321 e. The molecule has 0 aliphatic carbocycles. The highest BCUT2D eigenvalue weighted by atomic mass is 16.2. The van der Waals surface area contributed by atoms with Crippen LogP contribution in [-0.4, -0.2) is 20.9 Å². The van der Waals surface area contributed by atoms with Crippen LogP contribution in [0.15, 0.2) is 66.9 Å². The molecule has 0 spiro atoms. The van der Waals surface area contributed by atoms with Gasteiger partial charge in [-0.3, -0.25) is 4.79 Å². The van der Waals surface area contributed by atoms with Crippen LogP contribution in [0, 0.1) is 0 Å². The van der Waals surface area contributed by atoms with Crippen LogP contribution in [0.1, 0.15) is 10.5 Å². The quantitative estimate of drug-likeness (QED) is 0.790. The fourth-order valence-corrected chi connectivity index (χ4v) is 1.77. The number of aromatic nitrogens is 3. The van der Waals surface area contributed by atoms with Gasteiger partial charge in [0.2, 0.25) is 0 Å². The second-order valence-corrected chi connectivity index (χ2v) is 4.17. The van der Waals surface area contributed by atoms with Crippen LogP contribution in [-0.2, 0) is 0 Å². The molecule has 0 bridgehead atoms. The molecule has 3 rings (SSSR count). The molecule has 20 heavy (non-hydrogen) atoms. The van der Waals surface area contributed by atoms with E-state index in [9.17, 15) is 4.79 Å². The van der Waals surface area contributed by atoms with E-state index >= 15 is 0 Å². The molecular weight excluding hydrogens is 252 g/mol. The number of benzene rings is 2. The van der Waals surface area contributed by atoms with Gasteiger partial charge in [0.25, 0.3) is 5.91 Å². The zero-order valence-corrected chi connectivity index (χ0v) is 10.6. The van der Waals surface area contributed by atoms with Crippen LogP contribution in [0.5, 0.6) is 0 Å². The van der Waals surface area contributed by atoms with Crippen molar-refractivity contribution in [2.24, 2.45) is 0 Å². The molecule has 3 aromatic rings. The van der Waals surface area contributed by atoms with Crippen molar-refractivity contribution in [3.05, 3.63) is 72.6 Å². The molecule has 0 saturated carbocycles. The van der Waals surface area contributed by atoms with Crippen LogP contribution in [0.3, 0.4) is 0 Å². The van der Waals surface area contributed by atoms with Crippen LogP contribution in [0.25, 0.3) is 5.69 Å². The number of nitrogens with one attached hydrogen (secondary N) is 1. The second-order valence-electron chi connectivity index (χ2n) is 4.17. The summed E-state index contributed by atoms with van der Waals surface area (Å²) in [6.45, 7) is 0. The van der Waals surface area contributed by atoms with E-state index in [1.165, 1.54) is 11.0 Å². The van der Waals surface area contributed by atoms with Crippen molar-refractivity contribution < 1.29 is 4.79 Å². The predicted octanol–water partition coefficient (Wildman–Crippen LogP) is 2.52. The summed E-state index contributed by atoms with van der Waals surface area (Å²) >= 11 is 0. The molecule has 1 heterocycles. The van der Waals surface area contributed by atoms with Crippen molar-refractivity contribution in [1.82, 2.24) is 15.0 Å². The van der Waals surface area contributed by atoms with Crippen LogP contribution >= 0.6 is 0 Å². The van der Waals surface area contributed by atoms with Gasteiger partial charge in [0.15, 0.2) is 5.69 Å². The first kappa shape index (κ1) is 12.1. The highest BCUT2D eigenvalue weighted by Gasteiger charge is 2.11. The van der Waals surface area contributed by atoms with Crippen molar-refractivity contribution in [3.63, 3.8) is 0 Å². The molecule has 0 radical (unpaired) electrons. The summed E-state index contributed by atoms with van der Waals surface area (Å²) in [7, 11) is 0. The molecule has 0 atom stereocenters. The van der Waals surface area contributed by atoms with Crippen LogP contribution in [0.4, 0.5) is 5.69 Å². The molecule has 0 saturated heterocycles. The van der Waals surface area contributed by atoms with E-state index < -0.39 is 0 Å². The summed E-state index contributed by atoms with van der Waals surface area (Å²) in [6.07, 6.45) is 1.45. The maximum absolute atomic E-state index is 12.0. The van der Waals surface area contributed by atoms with Gasteiger partial charge in [-0.15, -0.1) is 5.10 Å². The Kier molecular flexibility index (Phi) is 3.24. The second kappa shape index (κ2) is 5.36. The summed E-state index contributed by atoms with van der Waals surface area (Å²) in [4.78, 5) is 13.5. The molecule has 0 fully saturated rings. The molecule has 5 heteroatoms. The highest BCUT2D eigenvalue weighted by Crippen LogP contribution is 2.08. The minimum absolute atomic E-state index is 0.276. The number of carbonyl (C=O) groups is 1. The number of rotatable bonds is 3. The lowest BCUT2D eigenvalue weighted by Gasteiger charge is -2.01. The van der Waals surface area contributed by atoms with Crippen LogP contribution < -0.4 is 5.32 Å². The van der Waals surface area contributed by atoms with Gasteiger partial charge in [-0.2, -0.15) is 9.90 Å². The minimum atomic E-state index is -0.279. The van der Waals surface area contributed by atoms with Crippen molar-refractivity contribution in [1.29, 1.82) is 0 Å². The maximum atomic E-state index is 12.0. The molecule has 98 valence electrons. The van der Waals surface area contributed by atoms with Crippen molar-refractivity contribution >= 4 is 11.6 Å². The third-order valence-corrected chi connectivity index (χ3v) is 2.74. The van der Waals surface area contributed by atoms with E-state index in [-0.39, 0.29) is 11.6 Å². The third kappa shape index (κ3) is 2.56. The summed E-state index contributed by atoms with van der Waals surface area (Å²) in [5.41, 5.74) is 1.82. The van der Waals surface area contributed by atoms with E-state index in [4.69, 9.17) is 0 Å². The summed E-state index contributed by atoms with van der Waals surface area (Å²) in [6, 6.07) is 18.7. The van der Waals surface area contributed by atoms with E-state index in [0.29, 0.717) is 0 Å². The average Bonchev–Trinajstić information content (AvgIpc) is 2.99. The average molecular weight is 264 g/mol. The Balaban J connectivity index is 1.79. The maximum Gasteiger partial charge on any atom is 0.277 e. The van der Waals surface area contributed by atoms with E-state index in [1.54, 1.807) is 0 Å². The van der Waals surface area contributed by atoms with Gasteiger partial charge in [-0.25, -0.2) is 0 Å². The summed E-state index contributed by atoms with van der Waals surface area (Å²) in [5, 5.41) is 11.0. The Morgan fingerprint density at radius 2 is 1.60 bits per heavy atom. The topological polar surface area (TPSA) is 59.8 Å². The Morgan fingerprint density at radius 1 is 0.950 bits per heavy atom. The monoisotopic (exact) mass is 264 g/mol. The first-order valence-corrected chi connectivity index (χ1v) is 6.17. The zero-order chi connectivity index (χ0) is 13.8. The number of para-hydroxylation sites is 2. The Labute approximate surface area is 115 Å². The lowest BCUT2D eigenvalue weighted by atomic mass is 10.3. The molecular formula is C15H12N4O. The molecule has 0 aliphatic rings. The number of anilines is 1. The van der Waals surface area contributed by atoms with E-state index in [2.05, 4.69) is 15.5 Å². The molecule has 5 nitrogen and oxygen atoms in total. The molecule has 0 unspecified atom stereocenters. The largest absolute Gasteiger partial charge is 0.321 e. The molecule has 0 aliphatic heterocycles. The van der Waals surface area contributed by atoms with Gasteiger partial charge in [-0.05, 0) is 24.3 Å². The first-order valence-electron chi connectivity index (χ1n) is 6.17. The molecule has 1 N–H and O–H groups in total. The summed E-state index contributed by atoms with van der Waals surface area (Å²) in [5.74, 6) is -0.279. The standard InChI is InChI=1S/C15H12N4O/c20-15(17-12-7-3-1-4-8-12)14-11-16-19(18-14)13-9-5-2-6-10-13/h1-11H,(H,17,20). The normalized spacial score (nSPS) is 10.2. The smallest absolute Gasteiger partial charge is 0.277 e. The molecule has 1 amide bonds. The zero-order valence-electron chi connectivity index (χ0n) is 10.6.